The van der Waals surface area contributed by atoms with Crippen LogP contribution in [0.15, 0.2) is 60.7 Å². The Morgan fingerprint density at radius 2 is 1.25 bits per heavy atom. The standard InChI is InChI=1S/C20H26/c1-3-5-12-17(4-2)20(18-13-8-6-9-14-18)19-15-10-7-11-16-19/h6-11,13-17,20H,3-5,12H2,1-2H3. The van der Waals surface area contributed by atoms with Gasteiger partial charge in [-0.05, 0) is 23.5 Å². The zero-order valence-electron chi connectivity index (χ0n) is 12.8. The third-order valence-corrected chi connectivity index (χ3v) is 4.24. The lowest BCUT2D eigenvalue weighted by molar-refractivity contribution is 0.406. The van der Waals surface area contributed by atoms with Crippen molar-refractivity contribution < 1.29 is 0 Å². The largest absolute Gasteiger partial charge is 0.0654 e. The van der Waals surface area contributed by atoms with Crippen molar-refractivity contribution in [1.82, 2.24) is 0 Å². The maximum absolute atomic E-state index is 2.33. The molecular formula is C20H26. The summed E-state index contributed by atoms with van der Waals surface area (Å²) in [5.74, 6) is 1.27. The summed E-state index contributed by atoms with van der Waals surface area (Å²) in [6.45, 7) is 4.62. The first-order chi connectivity index (χ1) is 9.86. The normalized spacial score (nSPS) is 12.6. The molecule has 0 saturated carbocycles. The summed E-state index contributed by atoms with van der Waals surface area (Å²) in [5, 5.41) is 0. The molecule has 0 N–H and O–H groups in total. The highest BCUT2D eigenvalue weighted by atomic mass is 14.3. The molecule has 2 rings (SSSR count). The lowest BCUT2D eigenvalue weighted by Gasteiger charge is -2.27. The summed E-state index contributed by atoms with van der Waals surface area (Å²) in [6.07, 6.45) is 5.18. The molecule has 0 radical (unpaired) electrons. The number of benzene rings is 2. The number of hydrogen-bond donors (Lipinski definition) is 0. The highest BCUT2D eigenvalue weighted by molar-refractivity contribution is 5.33. The van der Waals surface area contributed by atoms with Crippen LogP contribution in [-0.2, 0) is 0 Å². The van der Waals surface area contributed by atoms with Gasteiger partial charge in [0, 0.05) is 5.92 Å². The quantitative estimate of drug-likeness (QED) is 0.573. The molecule has 0 aliphatic carbocycles. The molecule has 0 bridgehead atoms. The third-order valence-electron chi connectivity index (χ3n) is 4.24. The van der Waals surface area contributed by atoms with E-state index in [0.717, 1.165) is 5.92 Å². The Morgan fingerprint density at radius 3 is 1.65 bits per heavy atom. The molecule has 0 amide bonds. The van der Waals surface area contributed by atoms with Crippen LogP contribution in [0, 0.1) is 5.92 Å². The van der Waals surface area contributed by atoms with Gasteiger partial charge >= 0.3 is 0 Å². The van der Waals surface area contributed by atoms with Gasteiger partial charge in [-0.15, -0.1) is 0 Å². The van der Waals surface area contributed by atoms with Gasteiger partial charge in [0.15, 0.2) is 0 Å². The fourth-order valence-corrected chi connectivity index (χ4v) is 3.13. The van der Waals surface area contributed by atoms with Crippen LogP contribution in [0.5, 0.6) is 0 Å². The first-order valence-corrected chi connectivity index (χ1v) is 7.96. The van der Waals surface area contributed by atoms with Crippen LogP contribution in [-0.4, -0.2) is 0 Å². The zero-order valence-corrected chi connectivity index (χ0v) is 12.8. The molecule has 0 aromatic heterocycles. The van der Waals surface area contributed by atoms with Gasteiger partial charge in [0.2, 0.25) is 0 Å². The summed E-state index contributed by atoms with van der Waals surface area (Å²) >= 11 is 0. The summed E-state index contributed by atoms with van der Waals surface area (Å²) in [5.41, 5.74) is 2.92. The highest BCUT2D eigenvalue weighted by Crippen LogP contribution is 2.36. The second kappa shape index (κ2) is 7.89. The van der Waals surface area contributed by atoms with Gasteiger partial charge in [0.1, 0.15) is 0 Å². The van der Waals surface area contributed by atoms with Gasteiger partial charge in [-0.2, -0.15) is 0 Å². The molecule has 20 heavy (non-hydrogen) atoms. The monoisotopic (exact) mass is 266 g/mol. The molecule has 0 fully saturated rings. The third kappa shape index (κ3) is 3.72. The minimum absolute atomic E-state index is 0.536. The second-order valence-electron chi connectivity index (χ2n) is 5.61. The SMILES string of the molecule is CCCCC(CC)C(c1ccccc1)c1ccccc1. The van der Waals surface area contributed by atoms with Gasteiger partial charge in [-0.3, -0.25) is 0 Å². The maximum atomic E-state index is 2.33. The van der Waals surface area contributed by atoms with Crippen LogP contribution in [0.25, 0.3) is 0 Å². The topological polar surface area (TPSA) is 0 Å². The van der Waals surface area contributed by atoms with Crippen LogP contribution < -0.4 is 0 Å². The van der Waals surface area contributed by atoms with Crippen molar-refractivity contribution in [1.29, 1.82) is 0 Å². The molecule has 0 nitrogen and oxygen atoms in total. The van der Waals surface area contributed by atoms with Crippen molar-refractivity contribution in [3.63, 3.8) is 0 Å². The predicted molar refractivity (Wildman–Crippen MR) is 88.0 cm³/mol. The van der Waals surface area contributed by atoms with E-state index in [0.29, 0.717) is 5.92 Å². The van der Waals surface area contributed by atoms with Gasteiger partial charge in [0.25, 0.3) is 0 Å². The minimum Gasteiger partial charge on any atom is -0.0654 e. The average molecular weight is 266 g/mol. The molecule has 0 saturated heterocycles. The Hall–Kier alpha value is -1.56. The molecule has 0 aliphatic rings. The average Bonchev–Trinajstić information content (AvgIpc) is 2.53. The summed E-state index contributed by atoms with van der Waals surface area (Å²) < 4.78 is 0. The van der Waals surface area contributed by atoms with Crippen molar-refractivity contribution in [2.24, 2.45) is 5.92 Å². The van der Waals surface area contributed by atoms with Crippen LogP contribution >= 0.6 is 0 Å². The lowest BCUT2D eigenvalue weighted by Crippen LogP contribution is -2.14. The smallest absolute Gasteiger partial charge is 0.0117 e. The van der Waals surface area contributed by atoms with Crippen LogP contribution in [0.2, 0.25) is 0 Å². The van der Waals surface area contributed by atoms with Gasteiger partial charge in [-0.25, -0.2) is 0 Å². The van der Waals surface area contributed by atoms with Crippen molar-refractivity contribution in [3.05, 3.63) is 71.8 Å². The van der Waals surface area contributed by atoms with E-state index in [1.165, 1.54) is 36.8 Å². The number of unbranched alkanes of at least 4 members (excludes halogenated alkanes) is 1. The van der Waals surface area contributed by atoms with Crippen LogP contribution in [0.3, 0.4) is 0 Å². The molecule has 0 heteroatoms. The van der Waals surface area contributed by atoms with Crippen molar-refractivity contribution >= 4 is 0 Å². The molecule has 2 aromatic carbocycles. The lowest BCUT2D eigenvalue weighted by atomic mass is 9.77. The Bertz CT molecular complexity index is 432. The fraction of sp³-hybridized carbons (Fsp3) is 0.400. The van der Waals surface area contributed by atoms with E-state index in [1.54, 1.807) is 0 Å². The molecule has 1 unspecified atom stereocenters. The van der Waals surface area contributed by atoms with E-state index in [4.69, 9.17) is 0 Å². The Morgan fingerprint density at radius 1 is 0.750 bits per heavy atom. The van der Waals surface area contributed by atoms with E-state index >= 15 is 0 Å². The fourth-order valence-electron chi connectivity index (χ4n) is 3.13. The molecule has 1 atom stereocenters. The molecule has 0 spiro atoms. The van der Waals surface area contributed by atoms with Crippen molar-refractivity contribution in [2.45, 2.75) is 45.4 Å². The van der Waals surface area contributed by atoms with Gasteiger partial charge < -0.3 is 0 Å². The van der Waals surface area contributed by atoms with Gasteiger partial charge in [0.05, 0.1) is 0 Å². The first kappa shape index (κ1) is 14.8. The van der Waals surface area contributed by atoms with E-state index in [9.17, 15) is 0 Å². The Balaban J connectivity index is 2.33. The Labute approximate surface area is 123 Å². The zero-order chi connectivity index (χ0) is 14.2. The molecule has 106 valence electrons. The summed E-state index contributed by atoms with van der Waals surface area (Å²) in [7, 11) is 0. The predicted octanol–water partition coefficient (Wildman–Crippen LogP) is 6.03. The number of rotatable bonds is 7. The first-order valence-electron chi connectivity index (χ1n) is 7.96. The van der Waals surface area contributed by atoms with Gasteiger partial charge in [-0.1, -0.05) is 93.8 Å². The van der Waals surface area contributed by atoms with E-state index in [-0.39, 0.29) is 0 Å². The van der Waals surface area contributed by atoms with E-state index in [1.807, 2.05) is 0 Å². The Kier molecular flexibility index (Phi) is 5.86. The number of hydrogen-bond acceptors (Lipinski definition) is 0. The van der Waals surface area contributed by atoms with Crippen LogP contribution in [0.1, 0.15) is 56.6 Å². The highest BCUT2D eigenvalue weighted by Gasteiger charge is 2.22. The molecular weight excluding hydrogens is 240 g/mol. The summed E-state index contributed by atoms with van der Waals surface area (Å²) in [4.78, 5) is 0. The molecule has 0 aliphatic heterocycles. The van der Waals surface area contributed by atoms with Crippen LogP contribution in [0.4, 0.5) is 0 Å². The van der Waals surface area contributed by atoms with E-state index in [2.05, 4.69) is 74.5 Å². The maximum Gasteiger partial charge on any atom is 0.0117 e. The summed E-state index contributed by atoms with van der Waals surface area (Å²) in [6, 6.07) is 22.0. The molecule has 2 aromatic rings. The molecule has 0 heterocycles. The minimum atomic E-state index is 0.536. The second-order valence-corrected chi connectivity index (χ2v) is 5.61. The van der Waals surface area contributed by atoms with E-state index < -0.39 is 0 Å². The van der Waals surface area contributed by atoms with Crippen molar-refractivity contribution in [2.75, 3.05) is 0 Å². The van der Waals surface area contributed by atoms with Crippen molar-refractivity contribution in [3.8, 4) is 0 Å².